The Balaban J connectivity index is 1.46. The number of aryl methyl sites for hydroxylation is 2. The van der Waals surface area contributed by atoms with Crippen LogP contribution in [0.4, 0.5) is 5.69 Å². The highest BCUT2D eigenvalue weighted by atomic mass is 35.5. The van der Waals surface area contributed by atoms with Gasteiger partial charge in [0.05, 0.1) is 16.9 Å². The predicted molar refractivity (Wildman–Crippen MR) is 141 cm³/mol. The molecule has 0 aliphatic carbocycles. The molecule has 2 amide bonds. The lowest BCUT2D eigenvalue weighted by atomic mass is 9.95. The number of rotatable bonds is 6. The van der Waals surface area contributed by atoms with Gasteiger partial charge in [-0.15, -0.1) is 5.10 Å². The van der Waals surface area contributed by atoms with Gasteiger partial charge in [0.25, 0.3) is 5.91 Å². The van der Waals surface area contributed by atoms with E-state index >= 15 is 0 Å². The maximum absolute atomic E-state index is 13.6. The molecule has 1 aliphatic rings. The van der Waals surface area contributed by atoms with Crippen molar-refractivity contribution < 1.29 is 19.5 Å². The van der Waals surface area contributed by atoms with Gasteiger partial charge in [-0.2, -0.15) is 9.78 Å². The van der Waals surface area contributed by atoms with E-state index in [1.807, 2.05) is 7.05 Å². The average Bonchev–Trinajstić information content (AvgIpc) is 3.55. The number of anilines is 1. The third kappa shape index (κ3) is 5.14. The molecule has 198 valence electrons. The van der Waals surface area contributed by atoms with Crippen LogP contribution in [0.25, 0.3) is 11.8 Å². The summed E-state index contributed by atoms with van der Waals surface area (Å²) in [6.07, 6.45) is 4.95. The Labute approximate surface area is 227 Å². The third-order valence-corrected chi connectivity index (χ3v) is 6.72. The summed E-state index contributed by atoms with van der Waals surface area (Å²) in [6.45, 7) is 2.09. The average molecular weight is 547 g/mol. The summed E-state index contributed by atoms with van der Waals surface area (Å²) >= 11 is 6.20. The molecule has 0 saturated carbocycles. The largest absolute Gasteiger partial charge is 0.478 e. The van der Waals surface area contributed by atoms with Crippen LogP contribution in [-0.2, 0) is 23.1 Å². The smallest absolute Gasteiger partial charge is 0.335 e. The summed E-state index contributed by atoms with van der Waals surface area (Å²) in [7, 11) is 1.81. The Bertz CT molecular complexity index is 1590. The van der Waals surface area contributed by atoms with E-state index in [4.69, 9.17) is 16.7 Å². The maximum Gasteiger partial charge on any atom is 0.335 e. The number of nitrogens with one attached hydrogen (secondary N) is 1. The molecule has 1 aliphatic heterocycles. The van der Waals surface area contributed by atoms with Crippen LogP contribution in [0.1, 0.15) is 38.9 Å². The topological polar surface area (TPSA) is 148 Å². The second kappa shape index (κ2) is 10.5. The molecule has 2 N–H and O–H groups in total. The number of aromatic nitrogens is 6. The quantitative estimate of drug-likeness (QED) is 0.351. The molecule has 5 rings (SSSR count). The number of halogens is 1. The van der Waals surface area contributed by atoms with Crippen LogP contribution in [0.2, 0.25) is 5.02 Å². The molecule has 0 bridgehead atoms. The molecule has 0 fully saturated rings. The zero-order chi connectivity index (χ0) is 27.7. The van der Waals surface area contributed by atoms with E-state index in [1.165, 1.54) is 46.3 Å². The molecule has 3 heterocycles. The standard InChI is InChI=1S/C26H23ClN8O4/c1-15-23-21(33(2)30-15)11-12-34(24(23)25(37)29-19-7-3-16(4-8-19)26(38)39)22(36)10-5-17-13-18(27)6-9-20(17)35-14-28-31-32-35/h3-10,13-14,24H,11-12H2,1-2H3,(H,29,37)(H,38,39)/b10-5+. The molecular formula is C26H23ClN8O4. The molecule has 1 atom stereocenters. The number of carbonyl (C=O) groups excluding carboxylic acids is 2. The number of nitrogens with zero attached hydrogens (tertiary/aromatic N) is 7. The predicted octanol–water partition coefficient (Wildman–Crippen LogP) is 2.83. The van der Waals surface area contributed by atoms with E-state index in [1.54, 1.807) is 35.9 Å². The van der Waals surface area contributed by atoms with Gasteiger partial charge in [-0.3, -0.25) is 14.3 Å². The first-order chi connectivity index (χ1) is 18.7. The first kappa shape index (κ1) is 25.8. The van der Waals surface area contributed by atoms with Crippen LogP contribution in [0.15, 0.2) is 54.9 Å². The zero-order valence-electron chi connectivity index (χ0n) is 20.9. The number of hydrogen-bond acceptors (Lipinski definition) is 7. The van der Waals surface area contributed by atoms with Crippen molar-refractivity contribution in [2.45, 2.75) is 19.4 Å². The van der Waals surface area contributed by atoms with Crippen molar-refractivity contribution in [3.05, 3.63) is 88.0 Å². The van der Waals surface area contributed by atoms with Gasteiger partial charge in [0.15, 0.2) is 0 Å². The summed E-state index contributed by atoms with van der Waals surface area (Å²) in [5.74, 6) is -1.88. The summed E-state index contributed by atoms with van der Waals surface area (Å²) in [4.78, 5) is 39.9. The van der Waals surface area contributed by atoms with Crippen LogP contribution in [0, 0.1) is 6.92 Å². The number of carbonyl (C=O) groups is 3. The Morgan fingerprint density at radius 2 is 1.92 bits per heavy atom. The summed E-state index contributed by atoms with van der Waals surface area (Å²) in [5, 5.41) is 28.1. The first-order valence-electron chi connectivity index (χ1n) is 11.9. The fourth-order valence-electron chi connectivity index (χ4n) is 4.70. The van der Waals surface area contributed by atoms with Crippen molar-refractivity contribution in [3.63, 3.8) is 0 Å². The van der Waals surface area contributed by atoms with E-state index in [0.717, 1.165) is 5.69 Å². The van der Waals surface area contributed by atoms with Crippen LogP contribution < -0.4 is 5.32 Å². The molecular weight excluding hydrogens is 524 g/mol. The fourth-order valence-corrected chi connectivity index (χ4v) is 4.88. The Hall–Kier alpha value is -4.84. The highest BCUT2D eigenvalue weighted by Gasteiger charge is 2.38. The van der Waals surface area contributed by atoms with Gasteiger partial charge in [-0.05, 0) is 65.9 Å². The zero-order valence-corrected chi connectivity index (χ0v) is 21.7. The van der Waals surface area contributed by atoms with E-state index in [-0.39, 0.29) is 11.5 Å². The van der Waals surface area contributed by atoms with Gasteiger partial charge >= 0.3 is 5.97 Å². The lowest BCUT2D eigenvalue weighted by Crippen LogP contribution is -2.45. The molecule has 2 aromatic carbocycles. The van der Waals surface area contributed by atoms with Crippen LogP contribution in [0.5, 0.6) is 0 Å². The molecule has 4 aromatic rings. The van der Waals surface area contributed by atoms with Crippen LogP contribution >= 0.6 is 11.6 Å². The molecule has 12 nitrogen and oxygen atoms in total. The number of carboxylic acids is 1. The number of hydrogen-bond donors (Lipinski definition) is 2. The second-order valence-corrected chi connectivity index (χ2v) is 9.35. The van der Waals surface area contributed by atoms with Crippen molar-refractivity contribution in [3.8, 4) is 5.69 Å². The lowest BCUT2D eigenvalue weighted by Gasteiger charge is -2.34. The second-order valence-electron chi connectivity index (χ2n) is 8.92. The first-order valence-corrected chi connectivity index (χ1v) is 12.3. The number of carboxylic acid groups (broad SMARTS) is 1. The van der Waals surface area contributed by atoms with Gasteiger partial charge < -0.3 is 15.3 Å². The normalized spacial score (nSPS) is 14.8. The van der Waals surface area contributed by atoms with Gasteiger partial charge in [0.2, 0.25) is 5.91 Å². The van der Waals surface area contributed by atoms with Crippen molar-refractivity contribution in [1.29, 1.82) is 0 Å². The molecule has 2 aromatic heterocycles. The minimum absolute atomic E-state index is 0.0973. The number of aromatic carboxylic acids is 1. The molecule has 0 radical (unpaired) electrons. The minimum Gasteiger partial charge on any atom is -0.478 e. The number of fused-ring (bicyclic) bond motifs is 1. The van der Waals surface area contributed by atoms with Gasteiger partial charge in [0.1, 0.15) is 12.4 Å². The van der Waals surface area contributed by atoms with E-state index in [9.17, 15) is 14.4 Å². The van der Waals surface area contributed by atoms with Crippen molar-refractivity contribution in [2.75, 3.05) is 11.9 Å². The Morgan fingerprint density at radius 1 is 1.15 bits per heavy atom. The van der Waals surface area contributed by atoms with Gasteiger partial charge in [-0.25, -0.2) is 4.79 Å². The third-order valence-electron chi connectivity index (χ3n) is 6.49. The number of tetrazole rings is 1. The van der Waals surface area contributed by atoms with Crippen molar-refractivity contribution in [1.82, 2.24) is 34.9 Å². The molecule has 1 unspecified atom stereocenters. The van der Waals surface area contributed by atoms with Crippen LogP contribution in [-0.4, -0.2) is 64.3 Å². The number of benzene rings is 2. The SMILES string of the molecule is Cc1nn(C)c2c1C(C(=O)Nc1ccc(C(=O)O)cc1)N(C(=O)/C=C/c1cc(Cl)ccc1-n1cnnn1)CC2. The fraction of sp³-hybridized carbons (Fsp3) is 0.192. The van der Waals surface area contributed by atoms with E-state index in [0.29, 0.717) is 46.2 Å². The van der Waals surface area contributed by atoms with Gasteiger partial charge in [0, 0.05) is 53.6 Å². The molecule has 0 spiro atoms. The highest BCUT2D eigenvalue weighted by molar-refractivity contribution is 6.30. The molecule has 39 heavy (non-hydrogen) atoms. The van der Waals surface area contributed by atoms with Crippen LogP contribution in [0.3, 0.4) is 0 Å². The van der Waals surface area contributed by atoms with Gasteiger partial charge in [-0.1, -0.05) is 11.6 Å². The van der Waals surface area contributed by atoms with Crippen molar-refractivity contribution >= 4 is 41.1 Å². The van der Waals surface area contributed by atoms with E-state index < -0.39 is 17.9 Å². The molecule has 0 saturated heterocycles. The van der Waals surface area contributed by atoms with E-state index in [2.05, 4.69) is 25.9 Å². The maximum atomic E-state index is 13.6. The van der Waals surface area contributed by atoms with Crippen molar-refractivity contribution in [2.24, 2.45) is 7.05 Å². The summed E-state index contributed by atoms with van der Waals surface area (Å²) in [6, 6.07) is 9.99. The monoisotopic (exact) mass is 546 g/mol. The minimum atomic E-state index is -1.07. The highest BCUT2D eigenvalue weighted by Crippen LogP contribution is 2.33. The summed E-state index contributed by atoms with van der Waals surface area (Å²) in [5.41, 5.74) is 3.92. The Kier molecular flexibility index (Phi) is 6.94. The molecule has 13 heteroatoms. The summed E-state index contributed by atoms with van der Waals surface area (Å²) < 4.78 is 3.19. The number of amides is 2. The lowest BCUT2D eigenvalue weighted by molar-refractivity contribution is -0.135. The Morgan fingerprint density at radius 3 is 2.62 bits per heavy atom.